The Labute approximate surface area is 162 Å². The summed E-state index contributed by atoms with van der Waals surface area (Å²) in [6.45, 7) is 1.09. The summed E-state index contributed by atoms with van der Waals surface area (Å²) >= 11 is 6.01. The molecular formula is C22H19ClN2O2. The Hall–Kier alpha value is -2.98. The normalized spacial score (nSPS) is 10.9. The van der Waals surface area contributed by atoms with E-state index < -0.39 is 0 Å². The molecule has 0 aliphatic heterocycles. The minimum absolute atomic E-state index is 0.384. The predicted octanol–water partition coefficient (Wildman–Crippen LogP) is 5.33. The molecule has 0 saturated heterocycles. The topological polar surface area (TPSA) is 36.3 Å². The van der Waals surface area contributed by atoms with E-state index in [1.54, 1.807) is 7.11 Å². The fourth-order valence-electron chi connectivity index (χ4n) is 3.00. The molecule has 0 aliphatic carbocycles. The van der Waals surface area contributed by atoms with Crippen molar-refractivity contribution in [3.63, 3.8) is 0 Å². The number of rotatable bonds is 6. The minimum Gasteiger partial charge on any atom is -0.497 e. The highest BCUT2D eigenvalue weighted by Crippen LogP contribution is 2.22. The van der Waals surface area contributed by atoms with E-state index in [9.17, 15) is 0 Å². The maximum Gasteiger partial charge on any atom is 0.148 e. The van der Waals surface area contributed by atoms with Gasteiger partial charge in [-0.15, -0.1) is 0 Å². The van der Waals surface area contributed by atoms with Gasteiger partial charge in [-0.3, -0.25) is 0 Å². The first-order chi connectivity index (χ1) is 13.2. The maximum absolute atomic E-state index is 6.01. The molecule has 0 saturated carbocycles. The van der Waals surface area contributed by atoms with E-state index in [0.29, 0.717) is 13.2 Å². The van der Waals surface area contributed by atoms with Crippen molar-refractivity contribution in [2.75, 3.05) is 7.11 Å². The molecule has 136 valence electrons. The molecule has 0 aliphatic rings. The average molecular weight is 379 g/mol. The van der Waals surface area contributed by atoms with Gasteiger partial charge in [-0.05, 0) is 54.1 Å². The molecule has 0 fully saturated rings. The zero-order chi connectivity index (χ0) is 18.6. The van der Waals surface area contributed by atoms with Gasteiger partial charge in [0.15, 0.2) is 0 Å². The van der Waals surface area contributed by atoms with E-state index in [2.05, 4.69) is 10.6 Å². The van der Waals surface area contributed by atoms with Crippen LogP contribution in [0.1, 0.15) is 11.4 Å². The molecule has 0 atom stereocenters. The standard InChI is InChI=1S/C22H19ClN2O2/c1-26-18-10-12-19(13-11-18)27-15-22-24-20-4-2-3-5-21(20)25(22)14-16-6-8-17(23)9-7-16/h2-13H,14-15H2,1H3. The first kappa shape index (κ1) is 17.4. The molecular weight excluding hydrogens is 360 g/mol. The van der Waals surface area contributed by atoms with Crippen LogP contribution in [0, 0.1) is 0 Å². The molecule has 4 rings (SSSR count). The fourth-order valence-corrected chi connectivity index (χ4v) is 3.13. The van der Waals surface area contributed by atoms with Crippen molar-refractivity contribution in [3.8, 4) is 11.5 Å². The number of hydrogen-bond acceptors (Lipinski definition) is 3. The van der Waals surface area contributed by atoms with E-state index in [4.69, 9.17) is 26.1 Å². The molecule has 0 radical (unpaired) electrons. The van der Waals surface area contributed by atoms with Crippen LogP contribution in [0.5, 0.6) is 11.5 Å². The SMILES string of the molecule is COc1ccc(OCc2nc3ccccc3n2Cc2ccc(Cl)cc2)cc1. The average Bonchev–Trinajstić information content (AvgIpc) is 3.06. The van der Waals surface area contributed by atoms with Gasteiger partial charge >= 0.3 is 0 Å². The first-order valence-electron chi connectivity index (χ1n) is 8.68. The van der Waals surface area contributed by atoms with E-state index in [-0.39, 0.29) is 0 Å². The van der Waals surface area contributed by atoms with E-state index in [1.165, 1.54) is 0 Å². The molecule has 0 amide bonds. The van der Waals surface area contributed by atoms with Gasteiger partial charge in [-0.25, -0.2) is 4.98 Å². The highest BCUT2D eigenvalue weighted by atomic mass is 35.5. The lowest BCUT2D eigenvalue weighted by Gasteiger charge is -2.11. The third-order valence-corrected chi connectivity index (χ3v) is 4.67. The number of ether oxygens (including phenoxy) is 2. The quantitative estimate of drug-likeness (QED) is 0.455. The van der Waals surface area contributed by atoms with E-state index in [0.717, 1.165) is 38.9 Å². The minimum atomic E-state index is 0.384. The number of para-hydroxylation sites is 2. The summed E-state index contributed by atoms with van der Waals surface area (Å²) in [5.74, 6) is 2.46. The van der Waals surface area contributed by atoms with Gasteiger partial charge in [0.25, 0.3) is 0 Å². The molecule has 0 unspecified atom stereocenters. The number of methoxy groups -OCH3 is 1. The smallest absolute Gasteiger partial charge is 0.148 e. The van der Waals surface area contributed by atoms with Gasteiger partial charge in [-0.2, -0.15) is 0 Å². The number of imidazole rings is 1. The van der Waals surface area contributed by atoms with Crippen molar-refractivity contribution in [2.45, 2.75) is 13.2 Å². The molecule has 0 N–H and O–H groups in total. The number of hydrogen-bond donors (Lipinski definition) is 0. The van der Waals surface area contributed by atoms with Gasteiger partial charge < -0.3 is 14.0 Å². The second kappa shape index (κ2) is 7.72. The molecule has 4 nitrogen and oxygen atoms in total. The summed E-state index contributed by atoms with van der Waals surface area (Å²) in [6.07, 6.45) is 0. The highest BCUT2D eigenvalue weighted by Gasteiger charge is 2.12. The summed E-state index contributed by atoms with van der Waals surface area (Å²) in [7, 11) is 1.65. The van der Waals surface area contributed by atoms with E-state index >= 15 is 0 Å². The van der Waals surface area contributed by atoms with Crippen LogP contribution in [0.25, 0.3) is 11.0 Å². The van der Waals surface area contributed by atoms with Gasteiger partial charge in [0, 0.05) is 11.6 Å². The molecule has 1 heterocycles. The van der Waals surface area contributed by atoms with Gasteiger partial charge in [0.05, 0.1) is 18.1 Å². The Morgan fingerprint density at radius 1 is 0.889 bits per heavy atom. The van der Waals surface area contributed by atoms with Crippen LogP contribution in [0.3, 0.4) is 0 Å². The van der Waals surface area contributed by atoms with Gasteiger partial charge in [0.1, 0.15) is 23.9 Å². The van der Waals surface area contributed by atoms with Crippen LogP contribution < -0.4 is 9.47 Å². The van der Waals surface area contributed by atoms with Crippen molar-refractivity contribution < 1.29 is 9.47 Å². The lowest BCUT2D eigenvalue weighted by Crippen LogP contribution is -2.08. The number of halogens is 1. The van der Waals surface area contributed by atoms with Crippen LogP contribution in [0.4, 0.5) is 0 Å². The zero-order valence-electron chi connectivity index (χ0n) is 14.9. The fraction of sp³-hybridized carbons (Fsp3) is 0.136. The van der Waals surface area contributed by atoms with Crippen molar-refractivity contribution in [1.82, 2.24) is 9.55 Å². The Morgan fingerprint density at radius 3 is 2.33 bits per heavy atom. The van der Waals surface area contributed by atoms with Crippen LogP contribution in [0.15, 0.2) is 72.8 Å². The molecule has 3 aromatic carbocycles. The molecule has 5 heteroatoms. The third-order valence-electron chi connectivity index (χ3n) is 4.41. The number of aromatic nitrogens is 2. The van der Waals surface area contributed by atoms with Crippen molar-refractivity contribution >= 4 is 22.6 Å². The van der Waals surface area contributed by atoms with Gasteiger partial charge in [0.2, 0.25) is 0 Å². The second-order valence-electron chi connectivity index (χ2n) is 6.19. The molecule has 27 heavy (non-hydrogen) atoms. The largest absolute Gasteiger partial charge is 0.497 e. The summed E-state index contributed by atoms with van der Waals surface area (Å²) in [6, 6.07) is 23.5. The summed E-state index contributed by atoms with van der Waals surface area (Å²) in [4.78, 5) is 4.76. The zero-order valence-corrected chi connectivity index (χ0v) is 15.7. The van der Waals surface area contributed by atoms with Gasteiger partial charge in [-0.1, -0.05) is 35.9 Å². The second-order valence-corrected chi connectivity index (χ2v) is 6.63. The monoisotopic (exact) mass is 378 g/mol. The Balaban J connectivity index is 1.61. The molecule has 0 bridgehead atoms. The molecule has 0 spiro atoms. The van der Waals surface area contributed by atoms with Crippen LogP contribution in [-0.2, 0) is 13.2 Å². The van der Waals surface area contributed by atoms with Crippen LogP contribution >= 0.6 is 11.6 Å². The predicted molar refractivity (Wildman–Crippen MR) is 108 cm³/mol. The van der Waals surface area contributed by atoms with Crippen molar-refractivity contribution in [3.05, 3.63) is 89.2 Å². The number of benzene rings is 3. The number of nitrogens with zero attached hydrogens (tertiary/aromatic N) is 2. The molecule has 1 aromatic heterocycles. The molecule has 4 aromatic rings. The van der Waals surface area contributed by atoms with Crippen LogP contribution in [-0.4, -0.2) is 16.7 Å². The first-order valence-corrected chi connectivity index (χ1v) is 9.06. The highest BCUT2D eigenvalue weighted by molar-refractivity contribution is 6.30. The summed E-state index contributed by atoms with van der Waals surface area (Å²) in [5, 5.41) is 0.734. The number of fused-ring (bicyclic) bond motifs is 1. The summed E-state index contributed by atoms with van der Waals surface area (Å²) in [5.41, 5.74) is 3.20. The maximum atomic E-state index is 6.01. The lowest BCUT2D eigenvalue weighted by atomic mass is 10.2. The van der Waals surface area contributed by atoms with E-state index in [1.807, 2.05) is 66.7 Å². The lowest BCUT2D eigenvalue weighted by molar-refractivity contribution is 0.290. The Morgan fingerprint density at radius 2 is 1.59 bits per heavy atom. The van der Waals surface area contributed by atoms with Crippen LogP contribution in [0.2, 0.25) is 5.02 Å². The Bertz CT molecular complexity index is 1040. The third kappa shape index (κ3) is 3.91. The van der Waals surface area contributed by atoms with Crippen molar-refractivity contribution in [1.29, 1.82) is 0 Å². The van der Waals surface area contributed by atoms with Crippen molar-refractivity contribution in [2.24, 2.45) is 0 Å². The Kier molecular flexibility index (Phi) is 4.99. The summed E-state index contributed by atoms with van der Waals surface area (Å²) < 4.78 is 13.3.